The van der Waals surface area contributed by atoms with E-state index in [4.69, 9.17) is 4.74 Å². The SMILES string of the molecule is CC1CC[C@H]2C(c3ccc(O)cc3)Oc3ccc(O)cc3[C@H]2C1. The Bertz CT molecular complexity index is 707. The molecule has 3 heteroatoms. The van der Waals surface area contributed by atoms with Gasteiger partial charge in [-0.1, -0.05) is 25.5 Å². The fraction of sp³-hybridized carbons (Fsp3) is 0.400. The lowest BCUT2D eigenvalue weighted by atomic mass is 9.67. The van der Waals surface area contributed by atoms with E-state index < -0.39 is 0 Å². The number of phenolic OH excluding ortho intramolecular Hbond substituents is 2. The third-order valence-corrected chi connectivity index (χ3v) is 5.42. The van der Waals surface area contributed by atoms with E-state index in [0.29, 0.717) is 23.5 Å². The summed E-state index contributed by atoms with van der Waals surface area (Å²) < 4.78 is 6.32. The van der Waals surface area contributed by atoms with Crippen molar-refractivity contribution in [1.29, 1.82) is 0 Å². The van der Waals surface area contributed by atoms with Crippen LogP contribution in [0.3, 0.4) is 0 Å². The van der Waals surface area contributed by atoms with Crippen LogP contribution in [0, 0.1) is 11.8 Å². The number of benzene rings is 2. The van der Waals surface area contributed by atoms with Crippen molar-refractivity contribution in [1.82, 2.24) is 0 Å². The van der Waals surface area contributed by atoms with Crippen LogP contribution in [0.4, 0.5) is 0 Å². The quantitative estimate of drug-likeness (QED) is 0.799. The van der Waals surface area contributed by atoms with Crippen LogP contribution in [-0.2, 0) is 0 Å². The molecule has 3 nitrogen and oxygen atoms in total. The highest BCUT2D eigenvalue weighted by Gasteiger charge is 2.42. The zero-order valence-electron chi connectivity index (χ0n) is 13.3. The molecule has 0 bridgehead atoms. The summed E-state index contributed by atoms with van der Waals surface area (Å²) in [6, 6.07) is 12.8. The fourth-order valence-corrected chi connectivity index (χ4v) is 4.26. The molecule has 0 spiro atoms. The number of aromatic hydroxyl groups is 2. The van der Waals surface area contributed by atoms with Crippen LogP contribution >= 0.6 is 0 Å². The summed E-state index contributed by atoms with van der Waals surface area (Å²) in [5, 5.41) is 19.4. The molecule has 1 saturated carbocycles. The lowest BCUT2D eigenvalue weighted by Crippen LogP contribution is -2.34. The number of hydrogen-bond acceptors (Lipinski definition) is 3. The summed E-state index contributed by atoms with van der Waals surface area (Å²) in [6.07, 6.45) is 3.50. The minimum Gasteiger partial charge on any atom is -0.508 e. The van der Waals surface area contributed by atoms with Crippen LogP contribution in [-0.4, -0.2) is 10.2 Å². The Morgan fingerprint density at radius 2 is 1.70 bits per heavy atom. The first-order valence-corrected chi connectivity index (χ1v) is 8.40. The van der Waals surface area contributed by atoms with E-state index in [9.17, 15) is 10.2 Å². The minimum atomic E-state index is 0.0187. The van der Waals surface area contributed by atoms with Crippen LogP contribution in [0.1, 0.15) is 49.3 Å². The molecule has 2 N–H and O–H groups in total. The smallest absolute Gasteiger partial charge is 0.127 e. The van der Waals surface area contributed by atoms with Crippen LogP contribution in [0.25, 0.3) is 0 Å². The summed E-state index contributed by atoms with van der Waals surface area (Å²) in [4.78, 5) is 0. The molecule has 2 aliphatic rings. The normalized spacial score (nSPS) is 29.3. The zero-order valence-corrected chi connectivity index (χ0v) is 13.3. The standard InChI is InChI=1S/C20H22O3/c1-12-2-8-16-17(10-12)18-11-15(22)7-9-19(18)23-20(16)13-3-5-14(21)6-4-13/h3-7,9,11-12,16-17,20-22H,2,8,10H2,1H3/t12?,16-,17+,20?/m1/s1. The van der Waals surface area contributed by atoms with Crippen LogP contribution < -0.4 is 4.74 Å². The molecule has 1 aliphatic heterocycles. The van der Waals surface area contributed by atoms with Gasteiger partial charge in [-0.25, -0.2) is 0 Å². The molecule has 0 amide bonds. The average Bonchev–Trinajstić information content (AvgIpc) is 2.55. The second-order valence-corrected chi connectivity index (χ2v) is 7.04. The molecule has 2 aromatic carbocycles. The molecule has 2 unspecified atom stereocenters. The molecule has 4 atom stereocenters. The third-order valence-electron chi connectivity index (χ3n) is 5.42. The van der Waals surface area contributed by atoms with Gasteiger partial charge in [0.05, 0.1) is 0 Å². The molecule has 1 heterocycles. The maximum absolute atomic E-state index is 9.87. The van der Waals surface area contributed by atoms with Gasteiger partial charge in [-0.3, -0.25) is 0 Å². The van der Waals surface area contributed by atoms with Crippen molar-refractivity contribution >= 4 is 0 Å². The Kier molecular flexibility index (Phi) is 3.44. The van der Waals surface area contributed by atoms with Crippen LogP contribution in [0.2, 0.25) is 0 Å². The molecule has 23 heavy (non-hydrogen) atoms. The molecule has 1 fully saturated rings. The van der Waals surface area contributed by atoms with Crippen molar-refractivity contribution < 1.29 is 14.9 Å². The number of hydrogen-bond donors (Lipinski definition) is 2. The summed E-state index contributed by atoms with van der Waals surface area (Å²) in [6.45, 7) is 2.31. The molecular weight excluding hydrogens is 288 g/mol. The number of rotatable bonds is 1. The van der Waals surface area contributed by atoms with Gasteiger partial charge in [0, 0.05) is 11.5 Å². The van der Waals surface area contributed by atoms with Gasteiger partial charge in [-0.2, -0.15) is 0 Å². The summed E-state index contributed by atoms with van der Waals surface area (Å²) >= 11 is 0. The topological polar surface area (TPSA) is 49.7 Å². The highest BCUT2D eigenvalue weighted by Crippen LogP contribution is 2.54. The second kappa shape index (κ2) is 5.48. The first-order valence-electron chi connectivity index (χ1n) is 8.40. The lowest BCUT2D eigenvalue weighted by Gasteiger charge is -2.44. The Hall–Kier alpha value is -2.16. The minimum absolute atomic E-state index is 0.0187. The van der Waals surface area contributed by atoms with Crippen LogP contribution in [0.5, 0.6) is 17.2 Å². The predicted molar refractivity (Wildman–Crippen MR) is 88.8 cm³/mol. The maximum atomic E-state index is 9.87. The van der Waals surface area contributed by atoms with E-state index in [1.807, 2.05) is 24.3 Å². The van der Waals surface area contributed by atoms with E-state index >= 15 is 0 Å². The van der Waals surface area contributed by atoms with E-state index in [1.54, 1.807) is 18.2 Å². The van der Waals surface area contributed by atoms with Gasteiger partial charge in [0.2, 0.25) is 0 Å². The fourth-order valence-electron chi connectivity index (χ4n) is 4.26. The highest BCUT2D eigenvalue weighted by molar-refractivity contribution is 5.45. The Labute approximate surface area is 136 Å². The Morgan fingerprint density at radius 3 is 2.48 bits per heavy atom. The number of ether oxygens (including phenoxy) is 1. The first-order chi connectivity index (χ1) is 11.1. The highest BCUT2D eigenvalue weighted by atomic mass is 16.5. The van der Waals surface area contributed by atoms with Crippen molar-refractivity contribution in [3.05, 3.63) is 53.6 Å². The van der Waals surface area contributed by atoms with Crippen LogP contribution in [0.15, 0.2) is 42.5 Å². The lowest BCUT2D eigenvalue weighted by molar-refractivity contribution is 0.0561. The molecule has 4 rings (SSSR count). The summed E-state index contributed by atoms with van der Waals surface area (Å²) in [7, 11) is 0. The molecule has 2 aromatic rings. The van der Waals surface area contributed by atoms with E-state index in [2.05, 4.69) is 6.92 Å². The molecule has 0 radical (unpaired) electrons. The summed E-state index contributed by atoms with van der Waals surface area (Å²) in [5.74, 6) is 3.02. The Balaban J connectivity index is 1.77. The van der Waals surface area contributed by atoms with Crippen molar-refractivity contribution in [3.63, 3.8) is 0 Å². The second-order valence-electron chi connectivity index (χ2n) is 7.04. The van der Waals surface area contributed by atoms with E-state index in [1.165, 1.54) is 6.42 Å². The third kappa shape index (κ3) is 2.54. The average molecular weight is 310 g/mol. The molecule has 0 saturated heterocycles. The van der Waals surface area contributed by atoms with Crippen molar-refractivity contribution in [2.75, 3.05) is 0 Å². The van der Waals surface area contributed by atoms with Crippen molar-refractivity contribution in [2.45, 2.75) is 38.2 Å². The van der Waals surface area contributed by atoms with Gasteiger partial charge in [0.25, 0.3) is 0 Å². The van der Waals surface area contributed by atoms with Gasteiger partial charge >= 0.3 is 0 Å². The Morgan fingerprint density at radius 1 is 0.957 bits per heavy atom. The largest absolute Gasteiger partial charge is 0.508 e. The molecule has 0 aromatic heterocycles. The van der Waals surface area contributed by atoms with Crippen molar-refractivity contribution in [3.8, 4) is 17.2 Å². The monoisotopic (exact) mass is 310 g/mol. The summed E-state index contributed by atoms with van der Waals surface area (Å²) in [5.41, 5.74) is 2.27. The van der Waals surface area contributed by atoms with Gasteiger partial charge in [-0.05, 0) is 60.6 Å². The number of fused-ring (bicyclic) bond motifs is 3. The van der Waals surface area contributed by atoms with Gasteiger partial charge in [-0.15, -0.1) is 0 Å². The molecule has 120 valence electrons. The van der Waals surface area contributed by atoms with Gasteiger partial charge in [0.15, 0.2) is 0 Å². The number of phenols is 2. The molecule has 1 aliphatic carbocycles. The maximum Gasteiger partial charge on any atom is 0.127 e. The zero-order chi connectivity index (χ0) is 16.0. The first kappa shape index (κ1) is 14.4. The van der Waals surface area contributed by atoms with Gasteiger partial charge < -0.3 is 14.9 Å². The van der Waals surface area contributed by atoms with Crippen molar-refractivity contribution in [2.24, 2.45) is 11.8 Å². The molecular formula is C20H22O3. The predicted octanol–water partition coefficient (Wildman–Crippen LogP) is 4.75. The van der Waals surface area contributed by atoms with Gasteiger partial charge in [0.1, 0.15) is 23.4 Å². The van der Waals surface area contributed by atoms with E-state index in [-0.39, 0.29) is 11.9 Å². The van der Waals surface area contributed by atoms with E-state index in [0.717, 1.165) is 29.7 Å².